The molecule has 11 heteroatoms. The van der Waals surface area contributed by atoms with Crippen molar-refractivity contribution < 1.29 is 32.9 Å². The van der Waals surface area contributed by atoms with Crippen molar-refractivity contribution in [2.24, 2.45) is 0 Å². The molecule has 0 saturated carbocycles. The van der Waals surface area contributed by atoms with Gasteiger partial charge >= 0.3 is 5.97 Å². The molecule has 0 aliphatic carbocycles. The van der Waals surface area contributed by atoms with Crippen LogP contribution in [0.1, 0.15) is 18.1 Å². The fourth-order valence-corrected chi connectivity index (χ4v) is 2.62. The van der Waals surface area contributed by atoms with E-state index in [1.165, 1.54) is 43.3 Å². The summed E-state index contributed by atoms with van der Waals surface area (Å²) < 4.78 is 29.6. The summed E-state index contributed by atoms with van der Waals surface area (Å²) in [5, 5.41) is 31.2. The molecule has 0 heterocycles. The Morgan fingerprint density at radius 2 is 1.66 bits per heavy atom. The number of hydrogen-bond donors (Lipinski definition) is 4. The molecular formula is C18H22N2O8S. The van der Waals surface area contributed by atoms with Gasteiger partial charge in [0.25, 0.3) is 15.8 Å². The molecule has 10 nitrogen and oxygen atoms in total. The lowest BCUT2D eigenvalue weighted by molar-refractivity contribution is -0.384. The Morgan fingerprint density at radius 3 is 2.03 bits per heavy atom. The van der Waals surface area contributed by atoms with Gasteiger partial charge in [-0.2, -0.15) is 8.42 Å². The molecule has 2 aromatic carbocycles. The van der Waals surface area contributed by atoms with Gasteiger partial charge in [0.15, 0.2) is 0 Å². The van der Waals surface area contributed by atoms with Gasteiger partial charge in [0.2, 0.25) is 0 Å². The Kier molecular flexibility index (Phi) is 8.85. The quantitative estimate of drug-likeness (QED) is 0.293. The number of carbonyl (C=O) groups is 1. The van der Waals surface area contributed by atoms with Crippen molar-refractivity contribution in [1.82, 2.24) is 5.32 Å². The highest BCUT2D eigenvalue weighted by Crippen LogP contribution is 2.12. The van der Waals surface area contributed by atoms with Crippen LogP contribution in [0.4, 0.5) is 5.69 Å². The van der Waals surface area contributed by atoms with Gasteiger partial charge in [-0.3, -0.25) is 24.8 Å². The van der Waals surface area contributed by atoms with Crippen LogP contribution in [0.25, 0.3) is 0 Å². The molecule has 0 amide bonds. The van der Waals surface area contributed by atoms with Gasteiger partial charge in [-0.1, -0.05) is 29.8 Å². The van der Waals surface area contributed by atoms with Crippen LogP contribution < -0.4 is 5.32 Å². The largest absolute Gasteiger partial charge is 0.480 e. The van der Waals surface area contributed by atoms with Crippen LogP contribution in [0.3, 0.4) is 0 Å². The van der Waals surface area contributed by atoms with Crippen LogP contribution in [-0.2, 0) is 21.5 Å². The summed E-state index contributed by atoms with van der Waals surface area (Å²) in [5.74, 6) is -1.15. The molecule has 2 atom stereocenters. The molecule has 158 valence electrons. The summed E-state index contributed by atoms with van der Waals surface area (Å²) in [6, 6.07) is 10.7. The van der Waals surface area contributed by atoms with Gasteiger partial charge in [-0.25, -0.2) is 0 Å². The van der Waals surface area contributed by atoms with Gasteiger partial charge in [0.1, 0.15) is 6.04 Å². The highest BCUT2D eigenvalue weighted by Gasteiger charge is 2.22. The maximum atomic E-state index is 10.8. The summed E-state index contributed by atoms with van der Waals surface area (Å²) in [6.07, 6.45) is -1.03. The monoisotopic (exact) mass is 426 g/mol. The molecule has 2 rings (SSSR count). The molecule has 0 unspecified atom stereocenters. The Morgan fingerprint density at radius 1 is 1.14 bits per heavy atom. The average molecular weight is 426 g/mol. The number of nitrogens with zero attached hydrogens (tertiary/aromatic N) is 1. The molecule has 0 aliphatic heterocycles. The number of aliphatic carboxylic acids is 1. The number of benzene rings is 2. The zero-order chi connectivity index (χ0) is 22.2. The van der Waals surface area contributed by atoms with Crippen molar-refractivity contribution >= 4 is 21.8 Å². The lowest BCUT2D eigenvalue weighted by atomic mass is 10.1. The number of aryl methyl sites for hydroxylation is 1. The van der Waals surface area contributed by atoms with E-state index < -0.39 is 33.2 Å². The van der Waals surface area contributed by atoms with Crippen molar-refractivity contribution in [1.29, 1.82) is 0 Å². The third-order valence-electron chi connectivity index (χ3n) is 3.74. The normalized spacial score (nSPS) is 13.0. The summed E-state index contributed by atoms with van der Waals surface area (Å²) in [5.41, 5.74) is 1.63. The first-order valence-electron chi connectivity index (χ1n) is 8.33. The Bertz CT molecular complexity index is 925. The smallest absolute Gasteiger partial charge is 0.323 e. The molecule has 0 bridgehead atoms. The van der Waals surface area contributed by atoms with E-state index in [1.807, 2.05) is 6.92 Å². The zero-order valence-electron chi connectivity index (χ0n) is 15.7. The summed E-state index contributed by atoms with van der Waals surface area (Å²) in [6.45, 7) is 3.43. The fourth-order valence-electron chi connectivity index (χ4n) is 2.14. The first-order chi connectivity index (χ1) is 13.4. The molecule has 0 aromatic heterocycles. The topological polar surface area (TPSA) is 167 Å². The van der Waals surface area contributed by atoms with E-state index in [2.05, 4.69) is 5.32 Å². The highest BCUT2D eigenvalue weighted by molar-refractivity contribution is 7.85. The number of non-ortho nitro benzene ring substituents is 1. The van der Waals surface area contributed by atoms with Gasteiger partial charge < -0.3 is 10.2 Å². The van der Waals surface area contributed by atoms with Gasteiger partial charge in [-0.15, -0.1) is 0 Å². The molecule has 0 saturated heterocycles. The van der Waals surface area contributed by atoms with Gasteiger partial charge in [-0.05, 0) is 31.5 Å². The van der Waals surface area contributed by atoms with Crippen molar-refractivity contribution in [2.75, 3.05) is 0 Å². The van der Waals surface area contributed by atoms with Crippen LogP contribution in [0.5, 0.6) is 0 Å². The van der Waals surface area contributed by atoms with E-state index in [0.29, 0.717) is 5.56 Å². The third-order valence-corrected chi connectivity index (χ3v) is 4.61. The Labute approximate surface area is 167 Å². The van der Waals surface area contributed by atoms with E-state index in [1.54, 1.807) is 12.1 Å². The second kappa shape index (κ2) is 10.6. The van der Waals surface area contributed by atoms with Crippen LogP contribution in [0, 0.1) is 17.0 Å². The minimum Gasteiger partial charge on any atom is -0.480 e. The lowest BCUT2D eigenvalue weighted by Crippen LogP contribution is -2.44. The molecule has 0 spiro atoms. The van der Waals surface area contributed by atoms with Crippen molar-refractivity contribution in [2.45, 2.75) is 37.4 Å². The molecule has 29 heavy (non-hydrogen) atoms. The number of carboxylic acids is 1. The van der Waals surface area contributed by atoms with Crippen LogP contribution in [-0.4, -0.2) is 46.2 Å². The number of hydrogen-bond acceptors (Lipinski definition) is 7. The number of aliphatic hydroxyl groups excluding tert-OH is 1. The Balaban J connectivity index is 0.000000326. The predicted molar refractivity (Wildman–Crippen MR) is 104 cm³/mol. The van der Waals surface area contributed by atoms with Gasteiger partial charge in [0, 0.05) is 18.7 Å². The maximum absolute atomic E-state index is 10.8. The van der Waals surface area contributed by atoms with Gasteiger partial charge in [0.05, 0.1) is 15.9 Å². The standard InChI is InChI=1S/C11H14N2O5.C7H8O3S/c1-7(14)10(11(15)16)12-6-8-2-4-9(5-3-8)13(17)18;1-6-2-4-7(5-3-6)11(8,9)10/h2-5,7,10,12,14H,6H2,1H3,(H,15,16);2-5H,1H3,(H,8,9,10)/t7-,10+;/m0./s1. The lowest BCUT2D eigenvalue weighted by Gasteiger charge is -2.16. The van der Waals surface area contributed by atoms with E-state index in [-0.39, 0.29) is 17.1 Å². The zero-order valence-corrected chi connectivity index (χ0v) is 16.5. The minimum absolute atomic E-state index is 0.0240. The van der Waals surface area contributed by atoms with Crippen molar-refractivity contribution in [3.05, 3.63) is 69.8 Å². The molecule has 0 fully saturated rings. The highest BCUT2D eigenvalue weighted by atomic mass is 32.2. The van der Waals surface area contributed by atoms with E-state index in [9.17, 15) is 28.4 Å². The predicted octanol–water partition coefficient (Wildman–Crippen LogP) is 1.76. The molecule has 4 N–H and O–H groups in total. The van der Waals surface area contributed by atoms with Crippen LogP contribution >= 0.6 is 0 Å². The first kappa shape index (κ1) is 24.2. The van der Waals surface area contributed by atoms with Crippen molar-refractivity contribution in [3.63, 3.8) is 0 Å². The van der Waals surface area contributed by atoms with E-state index in [4.69, 9.17) is 9.66 Å². The number of carboxylic acid groups (broad SMARTS) is 1. The van der Waals surface area contributed by atoms with Crippen LogP contribution in [0.15, 0.2) is 53.4 Å². The Hall–Kier alpha value is -2.86. The number of nitro benzene ring substituents is 1. The van der Waals surface area contributed by atoms with E-state index in [0.717, 1.165) is 5.56 Å². The molecular weight excluding hydrogens is 404 g/mol. The number of rotatable bonds is 7. The number of nitrogens with one attached hydrogen (secondary N) is 1. The minimum atomic E-state index is -4.02. The second-order valence-electron chi connectivity index (χ2n) is 6.15. The summed E-state index contributed by atoms with van der Waals surface area (Å²) in [7, 11) is -4.02. The fraction of sp³-hybridized carbons (Fsp3) is 0.278. The number of aliphatic hydroxyl groups is 1. The molecule has 0 radical (unpaired) electrons. The SMILES string of the molecule is C[C@H](O)[C@@H](NCc1ccc([N+](=O)[O-])cc1)C(=O)O.Cc1ccc(S(=O)(=O)O)cc1. The molecule has 0 aliphatic rings. The average Bonchev–Trinajstić information content (AvgIpc) is 2.62. The molecule has 2 aromatic rings. The van der Waals surface area contributed by atoms with Crippen LogP contribution in [0.2, 0.25) is 0 Å². The third kappa shape index (κ3) is 8.35. The summed E-state index contributed by atoms with van der Waals surface area (Å²) in [4.78, 5) is 20.7. The maximum Gasteiger partial charge on any atom is 0.323 e. The van der Waals surface area contributed by atoms with E-state index >= 15 is 0 Å². The summed E-state index contributed by atoms with van der Waals surface area (Å²) >= 11 is 0. The second-order valence-corrected chi connectivity index (χ2v) is 7.57. The number of nitro groups is 1. The van der Waals surface area contributed by atoms with Crippen molar-refractivity contribution in [3.8, 4) is 0 Å². The first-order valence-corrected chi connectivity index (χ1v) is 9.77.